The lowest BCUT2D eigenvalue weighted by Crippen LogP contribution is -2.26. The Hall–Kier alpha value is -1.32. The molecule has 5 nitrogen and oxygen atoms in total. The Kier molecular flexibility index (Phi) is 8.00. The Morgan fingerprint density at radius 2 is 2.15 bits per heavy atom. The molecule has 0 fully saturated rings. The summed E-state index contributed by atoms with van der Waals surface area (Å²) in [5.74, 6) is 0. The molecule has 0 bridgehead atoms. The monoisotopic (exact) mass is 298 g/mol. The number of rotatable bonds is 9. The number of nitriles is 1. The third-order valence-corrected chi connectivity index (χ3v) is 2.75. The number of halogens is 1. The maximum absolute atomic E-state index is 9.76. The predicted octanol–water partition coefficient (Wildman–Crippen LogP) is 2.04. The second-order valence-corrected chi connectivity index (χ2v) is 4.54. The summed E-state index contributed by atoms with van der Waals surface area (Å²) >= 11 is 5.87. The number of nitrogens with one attached hydrogen (secondary N) is 1. The van der Waals surface area contributed by atoms with Crippen LogP contribution in [0.2, 0.25) is 5.02 Å². The van der Waals surface area contributed by atoms with Crippen LogP contribution in [0, 0.1) is 11.3 Å². The van der Waals surface area contributed by atoms with E-state index in [1.165, 1.54) is 0 Å². The van der Waals surface area contributed by atoms with Crippen LogP contribution in [0.3, 0.4) is 0 Å². The molecule has 0 saturated carbocycles. The van der Waals surface area contributed by atoms with Crippen LogP contribution >= 0.6 is 11.6 Å². The van der Waals surface area contributed by atoms with Crippen molar-refractivity contribution in [2.75, 3.05) is 38.3 Å². The number of hydrogen-bond acceptors (Lipinski definition) is 5. The van der Waals surface area contributed by atoms with Crippen LogP contribution in [0.15, 0.2) is 18.2 Å². The van der Waals surface area contributed by atoms with Crippen molar-refractivity contribution in [2.45, 2.75) is 13.0 Å². The second kappa shape index (κ2) is 9.56. The molecule has 0 aliphatic rings. The largest absolute Gasteiger partial charge is 0.389 e. The molecule has 1 aromatic carbocycles. The molecule has 1 rings (SSSR count). The number of nitrogens with zero attached hydrogens (tertiary/aromatic N) is 1. The van der Waals surface area contributed by atoms with Gasteiger partial charge in [0.25, 0.3) is 0 Å². The number of ether oxygens (including phenoxy) is 2. The van der Waals surface area contributed by atoms with Gasteiger partial charge in [0.1, 0.15) is 6.07 Å². The van der Waals surface area contributed by atoms with E-state index in [2.05, 4.69) is 11.4 Å². The highest BCUT2D eigenvalue weighted by Crippen LogP contribution is 2.20. The minimum Gasteiger partial charge on any atom is -0.389 e. The van der Waals surface area contributed by atoms with Gasteiger partial charge in [0.15, 0.2) is 0 Å². The van der Waals surface area contributed by atoms with Crippen molar-refractivity contribution in [3.8, 4) is 6.07 Å². The summed E-state index contributed by atoms with van der Waals surface area (Å²) in [4.78, 5) is 0. The quantitative estimate of drug-likeness (QED) is 0.682. The van der Waals surface area contributed by atoms with Gasteiger partial charge in [-0.15, -0.1) is 0 Å². The van der Waals surface area contributed by atoms with E-state index in [9.17, 15) is 5.11 Å². The molecule has 0 spiro atoms. The zero-order valence-corrected chi connectivity index (χ0v) is 12.2. The van der Waals surface area contributed by atoms with Gasteiger partial charge in [-0.2, -0.15) is 5.26 Å². The molecule has 0 aliphatic carbocycles. The highest BCUT2D eigenvalue weighted by Gasteiger charge is 2.07. The van der Waals surface area contributed by atoms with Gasteiger partial charge in [-0.05, 0) is 25.1 Å². The van der Waals surface area contributed by atoms with Gasteiger partial charge in [-0.3, -0.25) is 0 Å². The van der Waals surface area contributed by atoms with E-state index >= 15 is 0 Å². The molecule has 6 heteroatoms. The van der Waals surface area contributed by atoms with Crippen molar-refractivity contribution in [3.05, 3.63) is 28.8 Å². The Bertz CT molecular complexity index is 449. The minimum absolute atomic E-state index is 0.211. The van der Waals surface area contributed by atoms with Crippen LogP contribution in [-0.2, 0) is 9.47 Å². The Morgan fingerprint density at radius 1 is 1.40 bits per heavy atom. The van der Waals surface area contributed by atoms with Crippen LogP contribution in [0.1, 0.15) is 12.5 Å². The third-order valence-electron chi connectivity index (χ3n) is 2.52. The molecule has 2 N–H and O–H groups in total. The molecule has 0 heterocycles. The van der Waals surface area contributed by atoms with E-state index in [4.69, 9.17) is 26.3 Å². The summed E-state index contributed by atoms with van der Waals surface area (Å²) in [5, 5.41) is 22.2. The topological polar surface area (TPSA) is 74.5 Å². The smallest absolute Gasteiger partial charge is 0.101 e. The van der Waals surface area contributed by atoms with E-state index < -0.39 is 6.10 Å². The molecule has 0 saturated heterocycles. The average Bonchev–Trinajstić information content (AvgIpc) is 2.45. The highest BCUT2D eigenvalue weighted by molar-refractivity contribution is 6.30. The summed E-state index contributed by atoms with van der Waals surface area (Å²) in [6.45, 7) is 4.02. The SMILES string of the molecule is CCOCCOCC(O)CNc1cc(Cl)ccc1C#N. The van der Waals surface area contributed by atoms with Gasteiger partial charge in [-0.1, -0.05) is 11.6 Å². The fourth-order valence-electron chi connectivity index (χ4n) is 1.53. The number of anilines is 1. The van der Waals surface area contributed by atoms with Crippen LogP contribution < -0.4 is 5.32 Å². The minimum atomic E-state index is -0.665. The highest BCUT2D eigenvalue weighted by atomic mass is 35.5. The first-order chi connectivity index (χ1) is 9.67. The number of hydrogen-bond donors (Lipinski definition) is 2. The second-order valence-electron chi connectivity index (χ2n) is 4.11. The zero-order valence-electron chi connectivity index (χ0n) is 11.4. The lowest BCUT2D eigenvalue weighted by atomic mass is 10.2. The van der Waals surface area contributed by atoms with Gasteiger partial charge >= 0.3 is 0 Å². The van der Waals surface area contributed by atoms with Gasteiger partial charge in [0.05, 0.1) is 37.2 Å². The molecule has 110 valence electrons. The summed E-state index contributed by atoms with van der Waals surface area (Å²) in [5.41, 5.74) is 1.09. The molecule has 0 radical (unpaired) electrons. The number of aliphatic hydroxyl groups excluding tert-OH is 1. The van der Waals surface area contributed by atoms with Crippen molar-refractivity contribution < 1.29 is 14.6 Å². The van der Waals surface area contributed by atoms with Gasteiger partial charge in [0.2, 0.25) is 0 Å². The molecule has 0 amide bonds. The van der Waals surface area contributed by atoms with E-state index in [-0.39, 0.29) is 13.2 Å². The molecule has 0 aliphatic heterocycles. The van der Waals surface area contributed by atoms with E-state index in [0.29, 0.717) is 36.1 Å². The van der Waals surface area contributed by atoms with E-state index in [0.717, 1.165) is 0 Å². The van der Waals surface area contributed by atoms with Crippen molar-refractivity contribution in [1.29, 1.82) is 5.26 Å². The molecular weight excluding hydrogens is 280 g/mol. The Labute approximate surface area is 124 Å². The molecule has 1 aromatic rings. The maximum atomic E-state index is 9.76. The first-order valence-corrected chi connectivity index (χ1v) is 6.82. The lowest BCUT2D eigenvalue weighted by Gasteiger charge is -2.14. The first-order valence-electron chi connectivity index (χ1n) is 6.44. The van der Waals surface area contributed by atoms with Crippen LogP contribution in [0.5, 0.6) is 0 Å². The third kappa shape index (κ3) is 6.22. The summed E-state index contributed by atoms with van der Waals surface area (Å²) in [7, 11) is 0. The van der Waals surface area contributed by atoms with Gasteiger partial charge in [-0.25, -0.2) is 0 Å². The fourth-order valence-corrected chi connectivity index (χ4v) is 1.70. The molecule has 1 atom stereocenters. The number of benzene rings is 1. The standard InChI is InChI=1S/C14H19ClN2O3/c1-2-19-5-6-20-10-13(18)9-17-14-7-12(15)4-3-11(14)8-16/h3-4,7,13,17-18H,2,5-6,9-10H2,1H3. The van der Waals surface area contributed by atoms with Gasteiger partial charge < -0.3 is 19.9 Å². The summed E-state index contributed by atoms with van der Waals surface area (Å²) in [6, 6.07) is 7.00. The summed E-state index contributed by atoms with van der Waals surface area (Å²) in [6.07, 6.45) is -0.665. The zero-order chi connectivity index (χ0) is 14.8. The Morgan fingerprint density at radius 3 is 2.85 bits per heavy atom. The first kappa shape index (κ1) is 16.7. The Balaban J connectivity index is 2.32. The number of aliphatic hydroxyl groups is 1. The van der Waals surface area contributed by atoms with E-state index in [1.807, 2.05) is 6.92 Å². The maximum Gasteiger partial charge on any atom is 0.101 e. The van der Waals surface area contributed by atoms with Crippen molar-refractivity contribution >= 4 is 17.3 Å². The molecule has 0 aromatic heterocycles. The van der Waals surface area contributed by atoms with E-state index in [1.54, 1.807) is 18.2 Å². The normalized spacial score (nSPS) is 11.9. The van der Waals surface area contributed by atoms with Crippen LogP contribution in [0.25, 0.3) is 0 Å². The molecule has 20 heavy (non-hydrogen) atoms. The van der Waals surface area contributed by atoms with Gasteiger partial charge in [0, 0.05) is 18.2 Å². The molecular formula is C14H19ClN2O3. The predicted molar refractivity (Wildman–Crippen MR) is 78.0 cm³/mol. The average molecular weight is 299 g/mol. The summed E-state index contributed by atoms with van der Waals surface area (Å²) < 4.78 is 10.4. The van der Waals surface area contributed by atoms with Crippen LogP contribution in [-0.4, -0.2) is 44.2 Å². The fraction of sp³-hybridized carbons (Fsp3) is 0.500. The lowest BCUT2D eigenvalue weighted by molar-refractivity contribution is 0.0103. The van der Waals surface area contributed by atoms with Crippen molar-refractivity contribution in [1.82, 2.24) is 0 Å². The van der Waals surface area contributed by atoms with Crippen LogP contribution in [0.4, 0.5) is 5.69 Å². The van der Waals surface area contributed by atoms with Crippen molar-refractivity contribution in [3.63, 3.8) is 0 Å². The molecule has 1 unspecified atom stereocenters. The van der Waals surface area contributed by atoms with Crippen molar-refractivity contribution in [2.24, 2.45) is 0 Å².